The lowest BCUT2D eigenvalue weighted by molar-refractivity contribution is -0.136. The first-order valence-electron chi connectivity index (χ1n) is 5.73. The molecule has 0 saturated heterocycles. The third-order valence-corrected chi connectivity index (χ3v) is 3.08. The van der Waals surface area contributed by atoms with Crippen LogP contribution in [0, 0.1) is 0 Å². The topological polar surface area (TPSA) is 52.6 Å². The summed E-state index contributed by atoms with van der Waals surface area (Å²) in [7, 11) is 0. The summed E-state index contributed by atoms with van der Waals surface area (Å²) in [5.74, 6) is 0. The molecular formula is C14H12NO3. The van der Waals surface area contributed by atoms with Crippen molar-refractivity contribution in [1.29, 1.82) is 0 Å². The highest BCUT2D eigenvalue weighted by Crippen LogP contribution is 2.43. The summed E-state index contributed by atoms with van der Waals surface area (Å²) in [6.07, 6.45) is -1.51. The monoisotopic (exact) mass is 242 g/mol. The average molecular weight is 242 g/mol. The number of rotatable bonds is 2. The second-order valence-corrected chi connectivity index (χ2v) is 4.20. The minimum atomic E-state index is -0.855. The minimum Gasteiger partial charge on any atom is -0.385 e. The van der Waals surface area contributed by atoms with Crippen LogP contribution in [0.1, 0.15) is 23.3 Å². The first kappa shape index (κ1) is 11.2. The molecule has 18 heavy (non-hydrogen) atoms. The van der Waals surface area contributed by atoms with Gasteiger partial charge in [-0.3, -0.25) is 0 Å². The Morgan fingerprint density at radius 2 is 1.72 bits per heavy atom. The smallest absolute Gasteiger partial charge is 0.146 e. The number of para-hydroxylation sites is 1. The maximum Gasteiger partial charge on any atom is 0.146 e. The van der Waals surface area contributed by atoms with Crippen LogP contribution < -0.4 is 5.23 Å². The predicted molar refractivity (Wildman–Crippen MR) is 64.8 cm³/mol. The van der Waals surface area contributed by atoms with E-state index < -0.39 is 12.2 Å². The summed E-state index contributed by atoms with van der Waals surface area (Å²) in [6, 6.07) is 16.2. The zero-order chi connectivity index (χ0) is 12.5. The van der Waals surface area contributed by atoms with E-state index in [9.17, 15) is 10.3 Å². The molecule has 0 saturated carbocycles. The van der Waals surface area contributed by atoms with E-state index in [1.54, 1.807) is 18.2 Å². The van der Waals surface area contributed by atoms with Crippen LogP contribution in [0.3, 0.4) is 0 Å². The molecule has 91 valence electrons. The van der Waals surface area contributed by atoms with Crippen molar-refractivity contribution < 1.29 is 15.2 Å². The van der Waals surface area contributed by atoms with Crippen molar-refractivity contribution in [3.8, 4) is 0 Å². The normalized spacial score (nSPS) is 19.7. The fraction of sp³-hybridized carbons (Fsp3) is 0.143. The van der Waals surface area contributed by atoms with E-state index in [2.05, 4.69) is 0 Å². The average Bonchev–Trinajstić information content (AvgIpc) is 2.77. The molecule has 0 bridgehead atoms. The van der Waals surface area contributed by atoms with Crippen LogP contribution in [0.5, 0.6) is 0 Å². The number of aliphatic hydroxyl groups excluding tert-OH is 1. The van der Waals surface area contributed by atoms with Crippen molar-refractivity contribution in [2.75, 3.05) is 5.23 Å². The highest BCUT2D eigenvalue weighted by Gasteiger charge is 2.35. The van der Waals surface area contributed by atoms with Gasteiger partial charge in [-0.2, -0.15) is 0 Å². The van der Waals surface area contributed by atoms with Crippen molar-refractivity contribution in [3.63, 3.8) is 0 Å². The first-order chi connectivity index (χ1) is 8.77. The number of aliphatic hydroxyl groups is 1. The molecule has 2 atom stereocenters. The Morgan fingerprint density at radius 3 is 2.50 bits per heavy atom. The van der Waals surface area contributed by atoms with E-state index in [0.717, 1.165) is 5.56 Å². The zero-order valence-corrected chi connectivity index (χ0v) is 9.56. The Bertz CT molecular complexity index is 544. The number of fused-ring (bicyclic) bond motifs is 1. The number of anilines is 1. The summed E-state index contributed by atoms with van der Waals surface area (Å²) in [5, 5.41) is 22.4. The molecule has 2 aromatic carbocycles. The lowest BCUT2D eigenvalue weighted by Gasteiger charge is -2.17. The van der Waals surface area contributed by atoms with E-state index in [0.29, 0.717) is 16.5 Å². The van der Waals surface area contributed by atoms with Gasteiger partial charge in [0.2, 0.25) is 0 Å². The fourth-order valence-electron chi connectivity index (χ4n) is 2.16. The van der Waals surface area contributed by atoms with Crippen LogP contribution in [-0.4, -0.2) is 5.11 Å². The molecule has 1 N–H and O–H groups in total. The van der Waals surface area contributed by atoms with Gasteiger partial charge in [0.1, 0.15) is 17.9 Å². The maximum absolute atomic E-state index is 11.6. The standard InChI is InChI=1S/C14H12NO3/c16-13(10-6-2-1-3-7-10)14-11-8-4-5-9-12(11)15(17)18-14/h1-9,13-14,16H. The third-order valence-electron chi connectivity index (χ3n) is 3.08. The van der Waals surface area contributed by atoms with Crippen LogP contribution >= 0.6 is 0 Å². The quantitative estimate of drug-likeness (QED) is 0.880. The number of nitrogens with zero attached hydrogens (tertiary/aromatic N) is 1. The number of benzene rings is 2. The summed E-state index contributed by atoms with van der Waals surface area (Å²) < 4.78 is 0. The van der Waals surface area contributed by atoms with E-state index in [-0.39, 0.29) is 0 Å². The second-order valence-electron chi connectivity index (χ2n) is 4.20. The minimum absolute atomic E-state index is 0.456. The molecule has 2 aromatic rings. The molecule has 1 heterocycles. The molecule has 4 heteroatoms. The molecule has 1 aliphatic heterocycles. The highest BCUT2D eigenvalue weighted by molar-refractivity contribution is 5.54. The number of hydrogen-bond donors (Lipinski definition) is 1. The van der Waals surface area contributed by atoms with Gasteiger partial charge in [0.05, 0.1) is 0 Å². The van der Waals surface area contributed by atoms with E-state index in [4.69, 9.17) is 4.84 Å². The Balaban J connectivity index is 1.96. The van der Waals surface area contributed by atoms with Gasteiger partial charge >= 0.3 is 0 Å². The number of hydrogen-bond acceptors (Lipinski definition) is 3. The summed E-state index contributed by atoms with van der Waals surface area (Å²) in [5.41, 5.74) is 1.90. The molecule has 1 radical (unpaired) electrons. The molecule has 3 rings (SSSR count). The molecule has 0 fully saturated rings. The van der Waals surface area contributed by atoms with E-state index in [1.165, 1.54) is 0 Å². The van der Waals surface area contributed by atoms with Gasteiger partial charge in [-0.25, -0.2) is 4.84 Å². The second kappa shape index (κ2) is 4.42. The third kappa shape index (κ3) is 1.76. The Hall–Kier alpha value is -1.88. The Kier molecular flexibility index (Phi) is 2.76. The predicted octanol–water partition coefficient (Wildman–Crippen LogP) is 2.56. The van der Waals surface area contributed by atoms with Gasteiger partial charge in [0.25, 0.3) is 0 Å². The summed E-state index contributed by atoms with van der Waals surface area (Å²) >= 11 is 0. The first-order valence-corrected chi connectivity index (χ1v) is 5.73. The molecule has 2 unspecified atom stereocenters. The van der Waals surface area contributed by atoms with E-state index in [1.807, 2.05) is 36.4 Å². The van der Waals surface area contributed by atoms with Gasteiger partial charge in [0.15, 0.2) is 0 Å². The molecule has 4 nitrogen and oxygen atoms in total. The van der Waals surface area contributed by atoms with Gasteiger partial charge in [0, 0.05) is 5.56 Å². The maximum atomic E-state index is 11.6. The van der Waals surface area contributed by atoms with Crippen molar-refractivity contribution in [2.45, 2.75) is 12.2 Å². The van der Waals surface area contributed by atoms with Crippen molar-refractivity contribution >= 4 is 5.69 Å². The summed E-state index contributed by atoms with van der Waals surface area (Å²) in [4.78, 5) is 5.18. The molecule has 0 aliphatic carbocycles. The van der Waals surface area contributed by atoms with Crippen LogP contribution in [0.25, 0.3) is 0 Å². The van der Waals surface area contributed by atoms with Gasteiger partial charge in [-0.05, 0) is 11.6 Å². The van der Waals surface area contributed by atoms with Crippen LogP contribution in [0.4, 0.5) is 5.69 Å². The van der Waals surface area contributed by atoms with Crippen molar-refractivity contribution in [1.82, 2.24) is 0 Å². The lowest BCUT2D eigenvalue weighted by Crippen LogP contribution is -2.16. The van der Waals surface area contributed by atoms with Gasteiger partial charge in [-0.1, -0.05) is 59.0 Å². The summed E-state index contributed by atoms with van der Waals surface area (Å²) in [6.45, 7) is 0. The van der Waals surface area contributed by atoms with Crippen LogP contribution in [0.15, 0.2) is 54.6 Å². The van der Waals surface area contributed by atoms with Crippen LogP contribution in [-0.2, 0) is 10.0 Å². The molecule has 1 aliphatic rings. The molecular weight excluding hydrogens is 230 g/mol. The largest absolute Gasteiger partial charge is 0.385 e. The Morgan fingerprint density at radius 1 is 1.06 bits per heavy atom. The van der Waals surface area contributed by atoms with Crippen LogP contribution in [0.2, 0.25) is 0 Å². The molecule has 0 aromatic heterocycles. The molecule has 0 amide bonds. The van der Waals surface area contributed by atoms with E-state index >= 15 is 0 Å². The van der Waals surface area contributed by atoms with Crippen molar-refractivity contribution in [3.05, 3.63) is 65.7 Å². The molecule has 0 spiro atoms. The fourth-order valence-corrected chi connectivity index (χ4v) is 2.16. The van der Waals surface area contributed by atoms with Crippen molar-refractivity contribution in [2.24, 2.45) is 0 Å². The van der Waals surface area contributed by atoms with Gasteiger partial charge in [-0.15, -0.1) is 0 Å². The lowest BCUT2D eigenvalue weighted by atomic mass is 9.98. The Labute approximate surface area is 105 Å². The highest BCUT2D eigenvalue weighted by atomic mass is 16.9. The SMILES string of the molecule is [O]N1OC(C(O)c2ccccc2)c2ccccc21. The van der Waals surface area contributed by atoms with Gasteiger partial charge < -0.3 is 5.11 Å². The zero-order valence-electron chi connectivity index (χ0n) is 9.56.